The fourth-order valence-electron chi connectivity index (χ4n) is 19.7. The van der Waals surface area contributed by atoms with Crippen molar-refractivity contribution in [3.63, 3.8) is 0 Å². The first-order chi connectivity index (χ1) is 70.2. The highest BCUT2D eigenvalue weighted by atomic mass is 32.1. The molecule has 15 heterocycles. The van der Waals surface area contributed by atoms with Gasteiger partial charge in [0.05, 0.1) is 20.4 Å². The van der Waals surface area contributed by atoms with E-state index in [0.717, 1.165) is 20.7 Å². The summed E-state index contributed by atoms with van der Waals surface area (Å²) in [4.78, 5) is 28.6. The average Bonchev–Trinajstić information content (AvgIpc) is 2.31. The molecule has 27 aromatic rings. The number of benzene rings is 12. The van der Waals surface area contributed by atoms with Crippen LogP contribution in [0.3, 0.4) is 0 Å². The number of thiophene rings is 9. The Hall–Kier alpha value is -12.5. The van der Waals surface area contributed by atoms with Crippen LogP contribution in [0.25, 0.3) is 182 Å². The second-order valence-corrected chi connectivity index (χ2v) is 50.0. The molecule has 0 aliphatic carbocycles. The zero-order valence-corrected chi connectivity index (χ0v) is 93.2. The lowest BCUT2D eigenvalue weighted by Gasteiger charge is -2.19. The Balaban J connectivity index is 0.000000103. The van der Waals surface area contributed by atoms with Gasteiger partial charge in [-0.1, -0.05) is 320 Å². The van der Waals surface area contributed by atoms with E-state index in [-0.39, 0.29) is 5.41 Å². The van der Waals surface area contributed by atoms with E-state index in [4.69, 9.17) is 0 Å². The van der Waals surface area contributed by atoms with Crippen molar-refractivity contribution >= 4 is 284 Å². The third-order valence-electron chi connectivity index (χ3n) is 26.9. The first kappa shape index (κ1) is 101. The summed E-state index contributed by atoms with van der Waals surface area (Å²) in [5, 5.41) is 21.8. The monoisotopic (exact) mass is 2050 g/mol. The van der Waals surface area contributed by atoms with Gasteiger partial charge in [0, 0.05) is 202 Å². The number of hydrogen-bond donors (Lipinski definition) is 0. The lowest BCUT2D eigenvalue weighted by atomic mass is 9.86. The van der Waals surface area contributed by atoms with Gasteiger partial charge in [-0.2, -0.15) is 0 Å². The first-order valence-electron chi connectivity index (χ1n) is 50.5. The van der Waals surface area contributed by atoms with E-state index in [9.17, 15) is 0 Å². The largest absolute Gasteiger partial charge is 0.264 e. The molecule has 0 radical (unpaired) electrons. The van der Waals surface area contributed by atoms with Crippen molar-refractivity contribution < 1.29 is 0 Å². The van der Waals surface area contributed by atoms with Crippen molar-refractivity contribution in [1.29, 1.82) is 0 Å². The second kappa shape index (κ2) is 44.4. The Morgan fingerprint density at radius 2 is 0.462 bits per heavy atom. The van der Waals surface area contributed by atoms with Gasteiger partial charge in [0.1, 0.15) is 9.66 Å². The Morgan fingerprint density at radius 3 is 0.952 bits per heavy atom. The Kier molecular flexibility index (Phi) is 31.0. The summed E-state index contributed by atoms with van der Waals surface area (Å²) in [6.07, 6.45) is 15.2. The van der Waals surface area contributed by atoms with Crippen LogP contribution in [0.2, 0.25) is 0 Å². The standard InChI is InChI=1S/C16H16S.2C15H14S.6C14H13NS/c1-16(2,3)13-9-6-8-12-11-7-4-5-10-14(11)17-15(12)13;2*1-10(2)11-7-5-9-14-15(11)12-6-3-4-8-13(12)16-14;1-9(2)10-5-3-7-12-13(10)11-6-4-8-15-14(11)16-12;1-9(2)10-5-3-6-11-13-12(16-14(10)11)7-4-8-15-13;1-9(2)10-5-3-6-11-13(10)14-12(16-11)7-4-8-15-14;1-9(2)10-5-3-6-11-12-7-4-8-15-14(12)16-13(10)11;1-9(2)10-4-3-5-13-14(10)11-8-15-7-6-12(11)16-13;1-9(2)10-4-3-5-11-12-8-15-7-6-13(12)16-14(10)11/h4-10H,1-3H3;2*3-10H,1-2H3;6*3-9H,1-2H3. The SMILES string of the molecule is CC(C)(C)c1cccc2c1sc1ccccc12.CC(C)c1cccc2c1sc1cccnc12.CC(C)c1cccc2c1sc1ccncc12.CC(C)c1cccc2c1sc1ncccc12.CC(C)c1cccc2sc3ccccc3c12.CC(C)c1cccc2sc3ccccc3c12.CC(C)c1cccc2sc3cccnc3c12.CC(C)c1cccc2sc3ccncc3c12.CC(C)c1cccc2sc3ncccc3c12. The lowest BCUT2D eigenvalue weighted by molar-refractivity contribution is 0.597. The van der Waals surface area contributed by atoms with Gasteiger partial charge in [-0.25, -0.2) is 9.97 Å². The summed E-state index contributed by atoms with van der Waals surface area (Å²) in [5.41, 5.74) is 15.5. The van der Waals surface area contributed by atoms with Crippen molar-refractivity contribution in [3.8, 4) is 0 Å². The fourth-order valence-corrected chi connectivity index (χ4v) is 30.7. The molecule has 0 fully saturated rings. The van der Waals surface area contributed by atoms with Crippen LogP contribution in [-0.4, -0.2) is 29.9 Å². The van der Waals surface area contributed by atoms with Crippen LogP contribution in [0.1, 0.15) is 229 Å². The van der Waals surface area contributed by atoms with Gasteiger partial charge in [0.25, 0.3) is 0 Å². The number of aromatic nitrogens is 6. The third-order valence-corrected chi connectivity index (χ3v) is 37.3. The fraction of sp³-hybridized carbons (Fsp3) is 0.215. The van der Waals surface area contributed by atoms with Crippen LogP contribution in [0, 0.1) is 0 Å². The molecule has 0 saturated heterocycles. The summed E-state index contributed by atoms with van der Waals surface area (Å²) in [6.45, 7) is 42.8. The molecule has 0 bridgehead atoms. The molecule has 145 heavy (non-hydrogen) atoms. The van der Waals surface area contributed by atoms with Crippen molar-refractivity contribution in [3.05, 3.63) is 397 Å². The normalized spacial score (nSPS) is 11.8. The molecule has 0 atom stereocenters. The predicted molar refractivity (Wildman–Crippen MR) is 652 cm³/mol. The highest BCUT2D eigenvalue weighted by Crippen LogP contribution is 2.48. The lowest BCUT2D eigenvalue weighted by Crippen LogP contribution is -2.10. The molecule has 15 aromatic heterocycles. The van der Waals surface area contributed by atoms with Crippen molar-refractivity contribution in [2.24, 2.45) is 0 Å². The molecule has 15 heteroatoms. The first-order valence-corrected chi connectivity index (χ1v) is 57.9. The Labute approximate surface area is 887 Å². The quantitative estimate of drug-likeness (QED) is 0.151. The van der Waals surface area contributed by atoms with E-state index in [1.165, 1.54) is 211 Å². The maximum absolute atomic E-state index is 4.52. The topological polar surface area (TPSA) is 77.3 Å². The van der Waals surface area contributed by atoms with E-state index < -0.39 is 0 Å². The van der Waals surface area contributed by atoms with Crippen LogP contribution in [-0.2, 0) is 5.41 Å². The minimum absolute atomic E-state index is 0.209. The molecular formula is C130H122N6S9. The molecule has 0 aliphatic heterocycles. The average molecular weight is 2060 g/mol. The minimum Gasteiger partial charge on any atom is -0.264 e. The molecule has 27 rings (SSSR count). The van der Waals surface area contributed by atoms with Crippen LogP contribution < -0.4 is 0 Å². The van der Waals surface area contributed by atoms with E-state index in [2.05, 4.69) is 434 Å². The molecule has 0 N–H and O–H groups in total. The summed E-state index contributed by atoms with van der Waals surface area (Å²) in [5.74, 6) is 4.54. The zero-order chi connectivity index (χ0) is 101. The number of fused-ring (bicyclic) bond motifs is 27. The molecule has 6 nitrogen and oxygen atoms in total. The molecule has 12 aromatic carbocycles. The summed E-state index contributed by atoms with van der Waals surface area (Å²) >= 11 is 16.7. The second-order valence-electron chi connectivity index (χ2n) is 40.5. The highest BCUT2D eigenvalue weighted by Gasteiger charge is 2.23. The number of nitrogens with zero attached hydrogens (tertiary/aromatic N) is 6. The van der Waals surface area contributed by atoms with E-state index in [1.807, 2.05) is 153 Å². The van der Waals surface area contributed by atoms with Crippen molar-refractivity contribution in [2.75, 3.05) is 0 Å². The van der Waals surface area contributed by atoms with Crippen LogP contribution >= 0.6 is 102 Å². The summed E-state index contributed by atoms with van der Waals surface area (Å²) in [6, 6.07) is 106. The van der Waals surface area contributed by atoms with Gasteiger partial charge in [-0.3, -0.25) is 19.9 Å². The number of hydrogen-bond acceptors (Lipinski definition) is 15. The molecule has 0 amide bonds. The number of pyridine rings is 6. The minimum atomic E-state index is 0.209. The van der Waals surface area contributed by atoms with Gasteiger partial charge in [0.2, 0.25) is 0 Å². The third kappa shape index (κ3) is 21.2. The number of rotatable bonds is 8. The van der Waals surface area contributed by atoms with Gasteiger partial charge < -0.3 is 0 Å². The van der Waals surface area contributed by atoms with Gasteiger partial charge >= 0.3 is 0 Å². The van der Waals surface area contributed by atoms with Crippen LogP contribution in [0.4, 0.5) is 0 Å². The maximum Gasteiger partial charge on any atom is 0.124 e. The van der Waals surface area contributed by atoms with E-state index >= 15 is 0 Å². The maximum atomic E-state index is 4.52. The molecule has 0 aliphatic rings. The van der Waals surface area contributed by atoms with Crippen molar-refractivity contribution in [2.45, 2.75) is 184 Å². The van der Waals surface area contributed by atoms with Crippen LogP contribution in [0.5, 0.6) is 0 Å². The summed E-state index contributed by atoms with van der Waals surface area (Å²) < 4.78 is 21.9. The van der Waals surface area contributed by atoms with Crippen molar-refractivity contribution in [1.82, 2.24) is 29.9 Å². The smallest absolute Gasteiger partial charge is 0.124 e. The highest BCUT2D eigenvalue weighted by molar-refractivity contribution is 7.29. The van der Waals surface area contributed by atoms with Gasteiger partial charge in [-0.05, 0) is 212 Å². The molecule has 0 saturated carbocycles. The molecular weight excluding hydrogens is 1930 g/mol. The van der Waals surface area contributed by atoms with E-state index in [1.54, 1.807) is 22.7 Å². The van der Waals surface area contributed by atoms with Crippen LogP contribution in [0.15, 0.2) is 347 Å². The van der Waals surface area contributed by atoms with Gasteiger partial charge in [0.15, 0.2) is 0 Å². The molecule has 0 unspecified atom stereocenters. The predicted octanol–water partition coefficient (Wildman–Crippen LogP) is 43.1. The Bertz CT molecular complexity index is 8280. The zero-order valence-electron chi connectivity index (χ0n) is 85.9. The van der Waals surface area contributed by atoms with E-state index in [0.29, 0.717) is 47.3 Å². The van der Waals surface area contributed by atoms with Gasteiger partial charge in [-0.15, -0.1) is 102 Å². The summed E-state index contributed by atoms with van der Waals surface area (Å²) in [7, 11) is 0. The Morgan fingerprint density at radius 1 is 0.179 bits per heavy atom. The molecule has 726 valence electrons. The molecule has 0 spiro atoms.